The summed E-state index contributed by atoms with van der Waals surface area (Å²) in [6, 6.07) is 12.6. The van der Waals surface area contributed by atoms with Gasteiger partial charge in [-0.15, -0.1) is 0 Å². The summed E-state index contributed by atoms with van der Waals surface area (Å²) in [5.41, 5.74) is 6.48. The summed E-state index contributed by atoms with van der Waals surface area (Å²) < 4.78 is 64.7. The summed E-state index contributed by atoms with van der Waals surface area (Å²) in [6.07, 6.45) is -8.77. The van der Waals surface area contributed by atoms with Gasteiger partial charge in [0.2, 0.25) is 29.9 Å². The third kappa shape index (κ3) is 17.3. The molecule has 1 aliphatic rings. The fraction of sp³-hybridized carbons (Fsp3) is 0.487. The molecule has 5 N–H and O–H groups in total. The number of rotatable bonds is 23. The molecule has 340 valence electrons. The van der Waals surface area contributed by atoms with E-state index in [1.54, 1.807) is 60.7 Å². The zero-order valence-electron chi connectivity index (χ0n) is 34.8. The Bertz CT molecular complexity index is 1920. The van der Waals surface area contributed by atoms with Crippen LogP contribution in [-0.2, 0) is 98.1 Å². The highest BCUT2D eigenvalue weighted by atomic mass is 31.2. The third-order valence-electron chi connectivity index (χ3n) is 8.32. The number of esters is 4. The third-order valence-corrected chi connectivity index (χ3v) is 9.70. The molecular formula is C39H51N4O18P. The van der Waals surface area contributed by atoms with Crippen molar-refractivity contribution < 1.29 is 84.9 Å². The molecule has 9 atom stereocenters. The Kier molecular flexibility index (Phi) is 20.1. The van der Waals surface area contributed by atoms with Crippen molar-refractivity contribution >= 4 is 55.3 Å². The van der Waals surface area contributed by atoms with Crippen LogP contribution in [0.3, 0.4) is 0 Å². The number of benzene rings is 2. The van der Waals surface area contributed by atoms with Crippen molar-refractivity contribution in [3.8, 4) is 0 Å². The Morgan fingerprint density at radius 2 is 1.18 bits per heavy atom. The van der Waals surface area contributed by atoms with Crippen molar-refractivity contribution in [2.24, 2.45) is 5.73 Å². The van der Waals surface area contributed by atoms with Gasteiger partial charge in [0, 0.05) is 34.6 Å². The first-order valence-corrected chi connectivity index (χ1v) is 20.4. The van der Waals surface area contributed by atoms with Crippen LogP contribution < -0.4 is 21.7 Å². The van der Waals surface area contributed by atoms with Crippen LogP contribution in [0.2, 0.25) is 0 Å². The molecule has 4 amide bonds. The molecule has 62 heavy (non-hydrogen) atoms. The number of carbonyl (C=O) groups is 8. The van der Waals surface area contributed by atoms with Crippen molar-refractivity contribution in [2.45, 2.75) is 104 Å². The van der Waals surface area contributed by atoms with Crippen molar-refractivity contribution in [3.05, 3.63) is 71.8 Å². The second-order valence-corrected chi connectivity index (χ2v) is 15.2. The van der Waals surface area contributed by atoms with Crippen molar-refractivity contribution in [1.82, 2.24) is 16.0 Å². The maximum absolute atomic E-state index is 14.7. The van der Waals surface area contributed by atoms with E-state index in [2.05, 4.69) is 16.0 Å². The normalized spacial score (nSPS) is 20.7. The molecule has 0 bridgehead atoms. The summed E-state index contributed by atoms with van der Waals surface area (Å²) in [7, 11) is -5.14. The van der Waals surface area contributed by atoms with E-state index < -0.39 is 131 Å². The van der Waals surface area contributed by atoms with E-state index in [4.69, 9.17) is 47.7 Å². The second kappa shape index (κ2) is 24.6. The zero-order chi connectivity index (χ0) is 46.0. The highest BCUT2D eigenvalue weighted by Gasteiger charge is 2.55. The first-order chi connectivity index (χ1) is 29.3. The van der Waals surface area contributed by atoms with E-state index in [1.807, 2.05) is 0 Å². The average molecular weight is 895 g/mol. The maximum Gasteiger partial charge on any atom is 0.477 e. The molecule has 0 aromatic heterocycles. The quantitative estimate of drug-likeness (QED) is 0.0675. The van der Waals surface area contributed by atoms with Gasteiger partial charge in [0.05, 0.1) is 26.4 Å². The Hall–Kier alpha value is -5.77. The molecule has 3 rings (SSSR count). The molecule has 1 heterocycles. The minimum atomic E-state index is -5.14. The van der Waals surface area contributed by atoms with E-state index in [1.165, 1.54) is 6.92 Å². The van der Waals surface area contributed by atoms with Crippen LogP contribution in [0.15, 0.2) is 60.7 Å². The summed E-state index contributed by atoms with van der Waals surface area (Å²) in [6.45, 7) is 3.90. The van der Waals surface area contributed by atoms with Gasteiger partial charge in [-0.2, -0.15) is 0 Å². The van der Waals surface area contributed by atoms with Gasteiger partial charge in [-0.1, -0.05) is 60.7 Å². The lowest BCUT2D eigenvalue weighted by Crippen LogP contribution is -2.62. The van der Waals surface area contributed by atoms with Crippen LogP contribution in [0.4, 0.5) is 0 Å². The topological polar surface area (TPSA) is 299 Å². The lowest BCUT2D eigenvalue weighted by atomic mass is 9.98. The summed E-state index contributed by atoms with van der Waals surface area (Å²) in [5, 5.41) is 7.11. The molecular weight excluding hydrogens is 843 g/mol. The molecule has 23 heteroatoms. The van der Waals surface area contributed by atoms with Crippen LogP contribution in [0, 0.1) is 0 Å². The lowest BCUT2D eigenvalue weighted by molar-refractivity contribution is -0.292. The van der Waals surface area contributed by atoms with Gasteiger partial charge in [-0.3, -0.25) is 51.9 Å². The number of ether oxygens (including phenoxy) is 6. The van der Waals surface area contributed by atoms with Gasteiger partial charge in [-0.25, -0.2) is 4.57 Å². The molecule has 1 unspecified atom stereocenters. The second-order valence-electron chi connectivity index (χ2n) is 13.6. The minimum absolute atomic E-state index is 0.0165. The van der Waals surface area contributed by atoms with E-state index in [9.17, 15) is 42.9 Å². The predicted octanol–water partition coefficient (Wildman–Crippen LogP) is 0.624. The number of nitrogens with two attached hydrogens (primary N) is 1. The largest absolute Gasteiger partial charge is 0.477 e. The monoisotopic (exact) mass is 894 g/mol. The highest BCUT2D eigenvalue weighted by Crippen LogP contribution is 2.53. The predicted molar refractivity (Wildman–Crippen MR) is 210 cm³/mol. The smallest absolute Gasteiger partial charge is 0.463 e. The van der Waals surface area contributed by atoms with E-state index in [-0.39, 0.29) is 6.61 Å². The van der Waals surface area contributed by atoms with Gasteiger partial charge in [0.25, 0.3) is 0 Å². The standard InChI is InChI=1S/C39H51N4O18P/c1-22(36(40)49)41-37(50)30(19-53-17-28-13-9-7-10-14-28)43-38(51)31(42-23(2)44)20-56-62(52,55-18-29-15-11-8-12-16-29)61-39-35(59-27(6)48)34(58-26(5)47)33(57-25(4)46)32(60-39)21-54-24(3)45/h7-16,22,30-35,39H,17-21H2,1-6H3,(H2,40,49)(H,41,50)(H,42,44)(H,43,51)/t22-,30-,31-,32+,33+,34-,35-,39+,62?/m0/s1. The van der Waals surface area contributed by atoms with E-state index in [0.29, 0.717) is 5.56 Å². The SMILES string of the molecule is CC(=O)N[C@@H](COP(=O)(OCc1ccccc1)O[C@H]1O[C@H](COC(C)=O)[C@@H](OC(C)=O)[C@H](OC(C)=O)[C@@H]1OC(C)=O)C(=O)N[C@@H](COCc1ccccc1)C(=O)N[C@@H](C)C(N)=O. The molecule has 0 aliphatic carbocycles. The van der Waals surface area contributed by atoms with E-state index >= 15 is 0 Å². The highest BCUT2D eigenvalue weighted by molar-refractivity contribution is 7.48. The molecule has 1 aliphatic heterocycles. The van der Waals surface area contributed by atoms with Crippen LogP contribution in [0.25, 0.3) is 0 Å². The molecule has 22 nitrogen and oxygen atoms in total. The van der Waals surface area contributed by atoms with Crippen molar-refractivity contribution in [2.75, 3.05) is 19.8 Å². The molecule has 0 saturated carbocycles. The van der Waals surface area contributed by atoms with Crippen molar-refractivity contribution in [3.63, 3.8) is 0 Å². The summed E-state index contributed by atoms with van der Waals surface area (Å²) in [4.78, 5) is 100. The minimum Gasteiger partial charge on any atom is -0.463 e. The van der Waals surface area contributed by atoms with Crippen molar-refractivity contribution in [1.29, 1.82) is 0 Å². The first-order valence-electron chi connectivity index (χ1n) is 19.0. The molecule has 0 radical (unpaired) electrons. The van der Waals surface area contributed by atoms with Gasteiger partial charge in [0.1, 0.15) is 30.8 Å². The fourth-order valence-electron chi connectivity index (χ4n) is 5.53. The number of amides is 4. The van der Waals surface area contributed by atoms with E-state index in [0.717, 1.165) is 40.2 Å². The zero-order valence-corrected chi connectivity index (χ0v) is 35.7. The Morgan fingerprint density at radius 3 is 1.71 bits per heavy atom. The Balaban J connectivity index is 2.00. The molecule has 1 fully saturated rings. The summed E-state index contributed by atoms with van der Waals surface area (Å²) >= 11 is 0. The number of carbonyl (C=O) groups excluding carboxylic acids is 8. The number of phosphoric ester groups is 1. The number of phosphoric acid groups is 1. The van der Waals surface area contributed by atoms with Gasteiger partial charge in [0.15, 0.2) is 18.3 Å². The van der Waals surface area contributed by atoms with Gasteiger partial charge in [-0.05, 0) is 18.1 Å². The number of hydrogen-bond donors (Lipinski definition) is 4. The fourth-order valence-corrected chi connectivity index (χ4v) is 6.79. The van der Waals surface area contributed by atoms with Crippen LogP contribution in [0.1, 0.15) is 52.7 Å². The Morgan fingerprint density at radius 1 is 0.661 bits per heavy atom. The van der Waals surface area contributed by atoms with Crippen LogP contribution in [-0.4, -0.2) is 116 Å². The average Bonchev–Trinajstić information content (AvgIpc) is 3.20. The molecule has 1 saturated heterocycles. The van der Waals surface area contributed by atoms with Crippen LogP contribution in [0.5, 0.6) is 0 Å². The van der Waals surface area contributed by atoms with Gasteiger partial charge >= 0.3 is 31.7 Å². The van der Waals surface area contributed by atoms with Crippen LogP contribution >= 0.6 is 7.82 Å². The number of nitrogens with one attached hydrogen (secondary N) is 3. The Labute approximate surface area is 356 Å². The molecule has 2 aromatic rings. The van der Waals surface area contributed by atoms with Gasteiger partial charge < -0.3 is 50.1 Å². The maximum atomic E-state index is 14.7. The molecule has 2 aromatic carbocycles. The first kappa shape index (κ1) is 50.6. The lowest BCUT2D eigenvalue weighted by Gasteiger charge is -2.44. The number of hydrogen-bond acceptors (Lipinski definition) is 18. The molecule has 0 spiro atoms. The number of primary amides is 1. The summed E-state index contributed by atoms with van der Waals surface area (Å²) in [5.74, 6) is -7.27.